The van der Waals surface area contributed by atoms with Crippen LogP contribution in [0.3, 0.4) is 0 Å². The second-order valence-electron chi connectivity index (χ2n) is 8.48. The van der Waals surface area contributed by atoms with E-state index in [1.807, 2.05) is 45.9 Å². The van der Waals surface area contributed by atoms with Gasteiger partial charge in [-0.15, -0.1) is 0 Å². The molecule has 0 atom stereocenters. The van der Waals surface area contributed by atoms with Crippen LogP contribution in [-0.2, 0) is 0 Å². The molecule has 4 aromatic rings. The van der Waals surface area contributed by atoms with Gasteiger partial charge in [0.1, 0.15) is 5.82 Å². The SMILES string of the molecule is CCOc1cc(C(=O)N/N=C/c2c(C)c(C(=O)c3ccc(F)cc3)n3ccccc23)cc(OCC)c1OCC. The van der Waals surface area contributed by atoms with Gasteiger partial charge in [0.2, 0.25) is 11.5 Å². The van der Waals surface area contributed by atoms with Crippen molar-refractivity contribution in [1.29, 1.82) is 0 Å². The van der Waals surface area contributed by atoms with Crippen molar-refractivity contribution in [2.24, 2.45) is 5.10 Å². The topological polar surface area (TPSA) is 90.6 Å². The minimum atomic E-state index is -0.472. The number of aromatic nitrogens is 1. The zero-order valence-corrected chi connectivity index (χ0v) is 22.3. The molecule has 0 unspecified atom stereocenters. The van der Waals surface area contributed by atoms with Gasteiger partial charge in [0.05, 0.1) is 37.2 Å². The summed E-state index contributed by atoms with van der Waals surface area (Å²) in [5.74, 6) is 0.102. The van der Waals surface area contributed by atoms with Crippen molar-refractivity contribution in [1.82, 2.24) is 9.83 Å². The average Bonchev–Trinajstić information content (AvgIpc) is 3.21. The van der Waals surface area contributed by atoms with Gasteiger partial charge in [-0.3, -0.25) is 9.59 Å². The molecule has 0 bridgehead atoms. The van der Waals surface area contributed by atoms with Crippen molar-refractivity contribution < 1.29 is 28.2 Å². The molecule has 0 radical (unpaired) electrons. The Hall–Kier alpha value is -4.66. The van der Waals surface area contributed by atoms with Crippen LogP contribution in [0, 0.1) is 12.7 Å². The minimum absolute atomic E-state index is 0.251. The van der Waals surface area contributed by atoms with Crippen LogP contribution in [0.4, 0.5) is 4.39 Å². The molecule has 4 rings (SSSR count). The first-order valence-electron chi connectivity index (χ1n) is 12.7. The quantitative estimate of drug-likeness (QED) is 0.155. The number of amides is 1. The molecule has 2 aromatic heterocycles. The van der Waals surface area contributed by atoms with Gasteiger partial charge in [0.15, 0.2) is 11.5 Å². The Kier molecular flexibility index (Phi) is 8.60. The summed E-state index contributed by atoms with van der Waals surface area (Å²) >= 11 is 0. The Morgan fingerprint density at radius 1 is 0.923 bits per heavy atom. The van der Waals surface area contributed by atoms with Crippen LogP contribution >= 0.6 is 0 Å². The number of hydrazone groups is 1. The van der Waals surface area contributed by atoms with Crippen LogP contribution in [0.15, 0.2) is 65.9 Å². The summed E-state index contributed by atoms with van der Waals surface area (Å²) in [7, 11) is 0. The molecule has 0 spiro atoms. The van der Waals surface area contributed by atoms with E-state index in [0.29, 0.717) is 59.5 Å². The third kappa shape index (κ3) is 5.77. The average molecular weight is 532 g/mol. The molecule has 0 fully saturated rings. The maximum atomic E-state index is 13.4. The smallest absolute Gasteiger partial charge is 0.271 e. The fourth-order valence-corrected chi connectivity index (χ4v) is 4.28. The van der Waals surface area contributed by atoms with Crippen LogP contribution < -0.4 is 19.6 Å². The predicted octanol–water partition coefficient (Wildman–Crippen LogP) is 5.58. The van der Waals surface area contributed by atoms with Gasteiger partial charge in [-0.2, -0.15) is 5.10 Å². The molecule has 0 aliphatic heterocycles. The number of fused-ring (bicyclic) bond motifs is 1. The molecule has 0 saturated carbocycles. The van der Waals surface area contributed by atoms with Crippen LogP contribution in [0.2, 0.25) is 0 Å². The molecule has 39 heavy (non-hydrogen) atoms. The van der Waals surface area contributed by atoms with E-state index in [1.54, 1.807) is 22.7 Å². The van der Waals surface area contributed by atoms with Crippen molar-refractivity contribution in [3.63, 3.8) is 0 Å². The van der Waals surface area contributed by atoms with Crippen molar-refractivity contribution in [3.05, 3.63) is 94.6 Å². The molecule has 1 N–H and O–H groups in total. The van der Waals surface area contributed by atoms with E-state index >= 15 is 0 Å². The molecule has 2 heterocycles. The molecular formula is C30H30FN3O5. The van der Waals surface area contributed by atoms with Gasteiger partial charge in [0.25, 0.3) is 5.91 Å². The summed E-state index contributed by atoms with van der Waals surface area (Å²) in [4.78, 5) is 26.4. The lowest BCUT2D eigenvalue weighted by atomic mass is 10.0. The summed E-state index contributed by atoms with van der Waals surface area (Å²) in [5, 5.41) is 4.18. The number of rotatable bonds is 11. The van der Waals surface area contributed by atoms with Crippen molar-refractivity contribution in [3.8, 4) is 17.2 Å². The lowest BCUT2D eigenvalue weighted by Crippen LogP contribution is -2.18. The number of nitrogens with zero attached hydrogens (tertiary/aromatic N) is 2. The largest absolute Gasteiger partial charge is 0.490 e. The van der Waals surface area contributed by atoms with Gasteiger partial charge in [-0.1, -0.05) is 6.07 Å². The Bertz CT molecular complexity index is 1500. The summed E-state index contributed by atoms with van der Waals surface area (Å²) < 4.78 is 32.3. The number of hydrogen-bond donors (Lipinski definition) is 1. The molecule has 0 saturated heterocycles. The van der Waals surface area contributed by atoms with E-state index in [0.717, 1.165) is 5.52 Å². The van der Waals surface area contributed by atoms with Gasteiger partial charge in [-0.25, -0.2) is 9.82 Å². The number of benzene rings is 2. The highest BCUT2D eigenvalue weighted by molar-refractivity contribution is 6.12. The third-order valence-electron chi connectivity index (χ3n) is 5.99. The van der Waals surface area contributed by atoms with Crippen molar-refractivity contribution >= 4 is 23.4 Å². The highest BCUT2D eigenvalue weighted by Gasteiger charge is 2.21. The fraction of sp³-hybridized carbons (Fsp3) is 0.233. The molecule has 2 aromatic carbocycles. The Morgan fingerprint density at radius 3 is 2.18 bits per heavy atom. The van der Waals surface area contributed by atoms with Crippen LogP contribution in [0.25, 0.3) is 5.52 Å². The van der Waals surface area contributed by atoms with Crippen LogP contribution in [0.5, 0.6) is 17.2 Å². The lowest BCUT2D eigenvalue weighted by Gasteiger charge is -2.16. The van der Waals surface area contributed by atoms with Gasteiger partial charge < -0.3 is 18.6 Å². The van der Waals surface area contributed by atoms with E-state index < -0.39 is 11.7 Å². The number of halogens is 1. The van der Waals surface area contributed by atoms with E-state index in [4.69, 9.17) is 14.2 Å². The first kappa shape index (κ1) is 27.4. The second kappa shape index (κ2) is 12.3. The number of hydrogen-bond acceptors (Lipinski definition) is 6. The number of carbonyl (C=O) groups is 2. The number of nitrogens with one attached hydrogen (secondary N) is 1. The molecule has 9 heteroatoms. The van der Waals surface area contributed by atoms with Gasteiger partial charge in [0, 0.05) is 22.9 Å². The molecule has 0 aliphatic carbocycles. The van der Waals surface area contributed by atoms with E-state index in [2.05, 4.69) is 10.5 Å². The zero-order chi connectivity index (χ0) is 27.9. The normalized spacial score (nSPS) is 11.1. The van der Waals surface area contributed by atoms with Gasteiger partial charge in [-0.05, 0) is 81.8 Å². The molecule has 0 aliphatic rings. The standard InChI is InChI=1S/C30H30FN3O5/c1-5-37-25-16-21(17-26(38-6-2)29(25)39-7-3)30(36)33-32-18-23-19(4)27(34-15-9-8-10-24(23)34)28(35)20-11-13-22(31)14-12-20/h8-18H,5-7H2,1-4H3,(H,33,36)/b32-18+. The molecule has 202 valence electrons. The number of pyridine rings is 1. The molecular weight excluding hydrogens is 501 g/mol. The number of ether oxygens (including phenoxy) is 3. The van der Waals surface area contributed by atoms with E-state index in [-0.39, 0.29) is 11.3 Å². The number of ketones is 1. The monoisotopic (exact) mass is 531 g/mol. The van der Waals surface area contributed by atoms with Crippen LogP contribution in [0.1, 0.15) is 58.3 Å². The zero-order valence-electron chi connectivity index (χ0n) is 22.3. The predicted molar refractivity (Wildman–Crippen MR) is 147 cm³/mol. The molecule has 1 amide bonds. The van der Waals surface area contributed by atoms with Crippen molar-refractivity contribution in [2.75, 3.05) is 19.8 Å². The minimum Gasteiger partial charge on any atom is -0.490 e. The van der Waals surface area contributed by atoms with Crippen molar-refractivity contribution in [2.45, 2.75) is 27.7 Å². The Morgan fingerprint density at radius 2 is 1.56 bits per heavy atom. The van der Waals surface area contributed by atoms with E-state index in [1.165, 1.54) is 30.5 Å². The first-order chi connectivity index (χ1) is 18.9. The van der Waals surface area contributed by atoms with Gasteiger partial charge >= 0.3 is 0 Å². The highest BCUT2D eigenvalue weighted by atomic mass is 19.1. The van der Waals surface area contributed by atoms with Crippen LogP contribution in [-0.4, -0.2) is 42.1 Å². The third-order valence-corrected chi connectivity index (χ3v) is 5.99. The summed E-state index contributed by atoms with van der Waals surface area (Å²) in [5.41, 5.74) is 5.70. The fourth-order valence-electron chi connectivity index (χ4n) is 4.28. The highest BCUT2D eigenvalue weighted by Crippen LogP contribution is 2.39. The lowest BCUT2D eigenvalue weighted by molar-refractivity contribution is 0.0953. The Labute approximate surface area is 226 Å². The Balaban J connectivity index is 1.64. The van der Waals surface area contributed by atoms with E-state index in [9.17, 15) is 14.0 Å². The number of carbonyl (C=O) groups excluding carboxylic acids is 2. The summed E-state index contributed by atoms with van der Waals surface area (Å²) in [6, 6.07) is 14.1. The summed E-state index contributed by atoms with van der Waals surface area (Å²) in [6.45, 7) is 8.52. The molecule has 8 nitrogen and oxygen atoms in total. The maximum Gasteiger partial charge on any atom is 0.271 e. The maximum absolute atomic E-state index is 13.4. The summed E-state index contributed by atoms with van der Waals surface area (Å²) in [6.07, 6.45) is 3.28. The second-order valence-corrected chi connectivity index (χ2v) is 8.48. The first-order valence-corrected chi connectivity index (χ1v) is 12.7.